The highest BCUT2D eigenvalue weighted by molar-refractivity contribution is 7.16. The Balaban J connectivity index is 2.52. The molecule has 0 saturated carbocycles. The second-order valence-corrected chi connectivity index (χ2v) is 5.72. The van der Waals surface area contributed by atoms with Gasteiger partial charge >= 0.3 is 0 Å². The summed E-state index contributed by atoms with van der Waals surface area (Å²) in [7, 11) is 0. The zero-order valence-corrected chi connectivity index (χ0v) is 12.5. The lowest BCUT2D eigenvalue weighted by atomic mass is 10.1. The monoisotopic (exact) mass is 346 g/mol. The summed E-state index contributed by atoms with van der Waals surface area (Å²) in [6.07, 6.45) is 0. The molecule has 1 aromatic carbocycles. The maximum atomic E-state index is 13.6. The van der Waals surface area contributed by atoms with Crippen LogP contribution in [0, 0.1) is 54.3 Å². The Hall–Kier alpha value is -2.47. The first-order valence-electron chi connectivity index (χ1n) is 6.03. The van der Waals surface area contributed by atoms with E-state index < -0.39 is 40.6 Å². The lowest BCUT2D eigenvalue weighted by Gasteiger charge is -2.08. The summed E-state index contributed by atoms with van der Waals surface area (Å²) < 4.78 is 66.4. The van der Waals surface area contributed by atoms with Crippen molar-refractivity contribution >= 4 is 22.2 Å². The van der Waals surface area contributed by atoms with Crippen LogP contribution >= 0.6 is 11.3 Å². The summed E-state index contributed by atoms with van der Waals surface area (Å²) in [6, 6.07) is 1.80. The van der Waals surface area contributed by atoms with Gasteiger partial charge in [0.1, 0.15) is 16.6 Å². The predicted molar refractivity (Wildman–Crippen MR) is 72.7 cm³/mol. The van der Waals surface area contributed by atoms with Crippen LogP contribution in [0.2, 0.25) is 0 Å². The van der Waals surface area contributed by atoms with E-state index in [4.69, 9.17) is 5.26 Å². The van der Waals surface area contributed by atoms with E-state index in [1.54, 1.807) is 19.9 Å². The number of nitriles is 1. The topological polar surface area (TPSA) is 52.9 Å². The van der Waals surface area contributed by atoms with Crippen LogP contribution in [-0.4, -0.2) is 5.91 Å². The van der Waals surface area contributed by atoms with Gasteiger partial charge < -0.3 is 5.32 Å². The van der Waals surface area contributed by atoms with Gasteiger partial charge in [0, 0.05) is 4.88 Å². The number of benzene rings is 1. The summed E-state index contributed by atoms with van der Waals surface area (Å²) in [4.78, 5) is 12.6. The molecule has 0 saturated heterocycles. The van der Waals surface area contributed by atoms with Crippen molar-refractivity contribution in [2.24, 2.45) is 0 Å². The fraction of sp³-hybridized carbons (Fsp3) is 0.143. The van der Waals surface area contributed by atoms with E-state index in [1.165, 1.54) is 0 Å². The molecule has 1 amide bonds. The third-order valence-electron chi connectivity index (χ3n) is 3.16. The summed E-state index contributed by atoms with van der Waals surface area (Å²) in [5.41, 5.74) is -0.996. The van der Waals surface area contributed by atoms with E-state index in [1.807, 2.05) is 5.32 Å². The van der Waals surface area contributed by atoms with E-state index >= 15 is 0 Å². The molecule has 0 aliphatic rings. The fourth-order valence-electron chi connectivity index (χ4n) is 1.82. The molecule has 120 valence electrons. The van der Waals surface area contributed by atoms with Gasteiger partial charge in [-0.2, -0.15) is 5.26 Å². The Kier molecular flexibility index (Phi) is 4.38. The van der Waals surface area contributed by atoms with Crippen LogP contribution < -0.4 is 5.32 Å². The van der Waals surface area contributed by atoms with Crippen LogP contribution in [0.4, 0.5) is 27.0 Å². The average Bonchev–Trinajstić information content (AvgIpc) is 2.77. The smallest absolute Gasteiger partial charge is 0.262 e. The molecule has 23 heavy (non-hydrogen) atoms. The minimum absolute atomic E-state index is 0.0311. The summed E-state index contributed by atoms with van der Waals surface area (Å²) in [5, 5.41) is 11.0. The number of carbonyl (C=O) groups excluding carboxylic acids is 1. The average molecular weight is 346 g/mol. The molecule has 0 atom stereocenters. The molecule has 3 nitrogen and oxygen atoms in total. The Bertz CT molecular complexity index is 840. The number of anilines is 1. The molecule has 0 radical (unpaired) electrons. The fourth-order valence-corrected chi connectivity index (χ4v) is 2.83. The SMILES string of the molecule is Cc1sc(NC(=O)c2c(F)c(F)c(F)c(F)c2F)c(C#N)c1C. The zero-order chi connectivity index (χ0) is 17.5. The predicted octanol–water partition coefficient (Wildman–Crippen LogP) is 4.18. The van der Waals surface area contributed by atoms with Crippen LogP contribution in [0.1, 0.15) is 26.4 Å². The number of amides is 1. The minimum Gasteiger partial charge on any atom is -0.312 e. The van der Waals surface area contributed by atoms with Gasteiger partial charge in [-0.25, -0.2) is 22.0 Å². The number of halogens is 5. The number of aryl methyl sites for hydroxylation is 1. The molecule has 1 N–H and O–H groups in total. The van der Waals surface area contributed by atoms with Crippen LogP contribution in [0.15, 0.2) is 0 Å². The number of carbonyl (C=O) groups is 1. The molecule has 0 spiro atoms. The third-order valence-corrected chi connectivity index (χ3v) is 4.28. The van der Waals surface area contributed by atoms with E-state index in [0.717, 1.165) is 11.3 Å². The Labute approximate surface area is 131 Å². The number of nitrogens with zero attached hydrogens (tertiary/aromatic N) is 1. The highest BCUT2D eigenvalue weighted by Gasteiger charge is 2.30. The van der Waals surface area contributed by atoms with Crippen molar-refractivity contribution in [3.05, 3.63) is 50.7 Å². The van der Waals surface area contributed by atoms with E-state index in [-0.39, 0.29) is 10.6 Å². The standard InChI is InChI=1S/C14H7F5N2OS/c1-4-5(2)23-14(6(4)3-20)21-13(22)7-8(15)10(17)12(19)11(18)9(7)16/h1-2H3,(H,21,22). The van der Waals surface area contributed by atoms with Gasteiger partial charge in [0.25, 0.3) is 5.91 Å². The second kappa shape index (κ2) is 5.96. The van der Waals surface area contributed by atoms with Crippen LogP contribution in [0.25, 0.3) is 0 Å². The summed E-state index contributed by atoms with van der Waals surface area (Å²) in [6.45, 7) is 3.24. The molecule has 1 heterocycles. The molecule has 2 rings (SSSR count). The number of nitrogens with one attached hydrogen (secondary N) is 1. The number of rotatable bonds is 2. The molecule has 0 unspecified atom stereocenters. The highest BCUT2D eigenvalue weighted by atomic mass is 32.1. The van der Waals surface area contributed by atoms with E-state index in [2.05, 4.69) is 0 Å². The first-order chi connectivity index (χ1) is 10.7. The van der Waals surface area contributed by atoms with Gasteiger partial charge in [-0.1, -0.05) is 0 Å². The third kappa shape index (κ3) is 2.66. The van der Waals surface area contributed by atoms with Crippen LogP contribution in [-0.2, 0) is 0 Å². The van der Waals surface area contributed by atoms with Gasteiger partial charge in [0.2, 0.25) is 5.82 Å². The second-order valence-electron chi connectivity index (χ2n) is 4.50. The van der Waals surface area contributed by atoms with Crippen molar-refractivity contribution < 1.29 is 26.7 Å². The van der Waals surface area contributed by atoms with Crippen molar-refractivity contribution in [1.82, 2.24) is 0 Å². The zero-order valence-electron chi connectivity index (χ0n) is 11.7. The Morgan fingerprint density at radius 2 is 1.48 bits per heavy atom. The highest BCUT2D eigenvalue weighted by Crippen LogP contribution is 2.32. The lowest BCUT2D eigenvalue weighted by Crippen LogP contribution is -2.19. The maximum Gasteiger partial charge on any atom is 0.262 e. The van der Waals surface area contributed by atoms with Crippen molar-refractivity contribution in [3.8, 4) is 6.07 Å². The van der Waals surface area contributed by atoms with Crippen molar-refractivity contribution in [3.63, 3.8) is 0 Å². The molecule has 0 aliphatic heterocycles. The summed E-state index contributed by atoms with van der Waals surface area (Å²) >= 11 is 0.951. The lowest BCUT2D eigenvalue weighted by molar-refractivity contribution is 0.101. The molecule has 0 fully saturated rings. The van der Waals surface area contributed by atoms with Crippen LogP contribution in [0.3, 0.4) is 0 Å². The molecular weight excluding hydrogens is 339 g/mol. The van der Waals surface area contributed by atoms with Gasteiger partial charge in [0.15, 0.2) is 23.3 Å². The van der Waals surface area contributed by atoms with Gasteiger partial charge in [-0.05, 0) is 19.4 Å². The van der Waals surface area contributed by atoms with Gasteiger partial charge in [-0.15, -0.1) is 11.3 Å². The maximum absolute atomic E-state index is 13.6. The van der Waals surface area contributed by atoms with Gasteiger partial charge in [-0.3, -0.25) is 4.79 Å². The quantitative estimate of drug-likeness (QED) is 0.504. The Morgan fingerprint density at radius 3 is 1.96 bits per heavy atom. The van der Waals surface area contributed by atoms with Gasteiger partial charge in [0.05, 0.1) is 5.56 Å². The molecular formula is C14H7F5N2OS. The Morgan fingerprint density at radius 1 is 1.00 bits per heavy atom. The first kappa shape index (κ1) is 16.9. The van der Waals surface area contributed by atoms with Crippen molar-refractivity contribution in [1.29, 1.82) is 5.26 Å². The van der Waals surface area contributed by atoms with Crippen LogP contribution in [0.5, 0.6) is 0 Å². The van der Waals surface area contributed by atoms with E-state index in [0.29, 0.717) is 10.4 Å². The largest absolute Gasteiger partial charge is 0.312 e. The molecule has 0 aliphatic carbocycles. The minimum atomic E-state index is -2.35. The normalized spacial score (nSPS) is 10.5. The number of hydrogen-bond acceptors (Lipinski definition) is 3. The number of thiophene rings is 1. The summed E-state index contributed by atoms with van der Waals surface area (Å²) in [5.74, 6) is -12.8. The van der Waals surface area contributed by atoms with Crippen molar-refractivity contribution in [2.45, 2.75) is 13.8 Å². The van der Waals surface area contributed by atoms with E-state index in [9.17, 15) is 26.7 Å². The molecule has 2 aromatic rings. The molecule has 0 bridgehead atoms. The molecule has 9 heteroatoms. The van der Waals surface area contributed by atoms with Crippen molar-refractivity contribution in [2.75, 3.05) is 5.32 Å². The number of hydrogen-bond donors (Lipinski definition) is 1. The first-order valence-corrected chi connectivity index (χ1v) is 6.85. The molecule has 1 aromatic heterocycles.